The summed E-state index contributed by atoms with van der Waals surface area (Å²) in [5.41, 5.74) is 0. The third kappa shape index (κ3) is 3.58. The highest BCUT2D eigenvalue weighted by molar-refractivity contribution is 5.43. The Bertz CT molecular complexity index is 466. The van der Waals surface area contributed by atoms with Gasteiger partial charge in [0.2, 0.25) is 5.95 Å². The summed E-state index contributed by atoms with van der Waals surface area (Å²) in [5, 5.41) is 0. The van der Waals surface area contributed by atoms with Gasteiger partial charge >= 0.3 is 0 Å². The fraction of sp³-hybridized carbons (Fsp3) is 0.571. The molecule has 5 nitrogen and oxygen atoms in total. The van der Waals surface area contributed by atoms with Crippen LogP contribution in [0, 0.1) is 11.8 Å². The average molecular weight is 259 g/mol. The lowest BCUT2D eigenvalue weighted by Gasteiger charge is -2.34. The molecule has 102 valence electrons. The molecule has 5 heteroatoms. The van der Waals surface area contributed by atoms with Crippen LogP contribution >= 0.6 is 0 Å². The lowest BCUT2D eigenvalue weighted by atomic mass is 10.3. The second kappa shape index (κ2) is 6.39. The Kier molecular flexibility index (Phi) is 4.58. The van der Waals surface area contributed by atoms with Crippen LogP contribution in [0.2, 0.25) is 0 Å². The van der Waals surface area contributed by atoms with Crippen LogP contribution in [0.15, 0.2) is 12.3 Å². The van der Waals surface area contributed by atoms with Gasteiger partial charge in [-0.1, -0.05) is 5.92 Å². The van der Waals surface area contributed by atoms with Crippen molar-refractivity contribution >= 4 is 11.8 Å². The third-order valence-corrected chi connectivity index (χ3v) is 3.20. The molecule has 0 spiro atoms. The van der Waals surface area contributed by atoms with E-state index in [-0.39, 0.29) is 0 Å². The van der Waals surface area contributed by atoms with Crippen molar-refractivity contribution in [1.82, 2.24) is 14.9 Å². The molecule has 2 heterocycles. The second-order valence-corrected chi connectivity index (χ2v) is 4.80. The predicted octanol–water partition coefficient (Wildman–Crippen LogP) is 0.688. The summed E-state index contributed by atoms with van der Waals surface area (Å²) < 4.78 is 0. The maximum atomic E-state index is 4.58. The van der Waals surface area contributed by atoms with E-state index in [9.17, 15) is 0 Å². The Morgan fingerprint density at radius 2 is 2.00 bits per heavy atom. The van der Waals surface area contributed by atoms with Crippen molar-refractivity contribution in [3.05, 3.63) is 12.3 Å². The van der Waals surface area contributed by atoms with Gasteiger partial charge in [0.25, 0.3) is 0 Å². The van der Waals surface area contributed by atoms with Crippen molar-refractivity contribution < 1.29 is 0 Å². The zero-order valence-corrected chi connectivity index (χ0v) is 11.9. The smallest absolute Gasteiger partial charge is 0.226 e. The molecule has 0 radical (unpaired) electrons. The summed E-state index contributed by atoms with van der Waals surface area (Å²) in [4.78, 5) is 15.4. The Morgan fingerprint density at radius 3 is 2.63 bits per heavy atom. The van der Waals surface area contributed by atoms with E-state index < -0.39 is 0 Å². The Labute approximate surface area is 115 Å². The van der Waals surface area contributed by atoms with Crippen LogP contribution in [0.1, 0.15) is 6.92 Å². The fourth-order valence-corrected chi connectivity index (χ4v) is 2.06. The lowest BCUT2D eigenvalue weighted by molar-refractivity contribution is 0.287. The predicted molar refractivity (Wildman–Crippen MR) is 78.5 cm³/mol. The highest BCUT2D eigenvalue weighted by Gasteiger charge is 2.17. The number of piperazine rings is 1. The molecule has 1 saturated heterocycles. The van der Waals surface area contributed by atoms with Crippen LogP contribution in [0.5, 0.6) is 0 Å². The minimum Gasteiger partial charge on any atom is -0.354 e. The van der Waals surface area contributed by atoms with Crippen LogP contribution < -0.4 is 9.80 Å². The minimum atomic E-state index is 0.761. The number of aromatic nitrogens is 2. The largest absolute Gasteiger partial charge is 0.354 e. The van der Waals surface area contributed by atoms with Gasteiger partial charge in [-0.3, -0.25) is 4.90 Å². The van der Waals surface area contributed by atoms with Gasteiger partial charge < -0.3 is 9.80 Å². The molecular formula is C14H21N5. The average Bonchev–Trinajstić information content (AvgIpc) is 2.46. The maximum absolute atomic E-state index is 4.58. The van der Waals surface area contributed by atoms with Crippen molar-refractivity contribution in [2.45, 2.75) is 6.92 Å². The first kappa shape index (κ1) is 13.6. The summed E-state index contributed by atoms with van der Waals surface area (Å²) in [6.45, 7) is 6.83. The van der Waals surface area contributed by atoms with Crippen LogP contribution in [0.4, 0.5) is 11.8 Å². The zero-order valence-electron chi connectivity index (χ0n) is 11.9. The molecule has 1 aliphatic heterocycles. The zero-order chi connectivity index (χ0) is 13.7. The van der Waals surface area contributed by atoms with Gasteiger partial charge in [-0.2, -0.15) is 4.98 Å². The van der Waals surface area contributed by atoms with E-state index in [0.29, 0.717) is 0 Å². The molecule has 1 fully saturated rings. The molecule has 1 aromatic rings. The van der Waals surface area contributed by atoms with Crippen LogP contribution in [-0.4, -0.2) is 61.7 Å². The van der Waals surface area contributed by atoms with Crippen LogP contribution in [-0.2, 0) is 0 Å². The molecule has 0 saturated carbocycles. The van der Waals surface area contributed by atoms with Crippen molar-refractivity contribution in [3.8, 4) is 11.8 Å². The Balaban J connectivity index is 1.97. The van der Waals surface area contributed by atoms with Gasteiger partial charge in [0.15, 0.2) is 0 Å². The van der Waals surface area contributed by atoms with E-state index in [1.165, 1.54) is 0 Å². The van der Waals surface area contributed by atoms with E-state index in [1.807, 2.05) is 38.2 Å². The van der Waals surface area contributed by atoms with Gasteiger partial charge in [0.1, 0.15) is 5.82 Å². The molecular weight excluding hydrogens is 238 g/mol. The quantitative estimate of drug-likeness (QED) is 0.746. The number of rotatable bonds is 3. The SMILES string of the molecule is CC#CCN1CCN(c2ccnc(N(C)C)n2)CC1. The summed E-state index contributed by atoms with van der Waals surface area (Å²) >= 11 is 0. The van der Waals surface area contributed by atoms with E-state index in [2.05, 4.69) is 31.6 Å². The summed E-state index contributed by atoms with van der Waals surface area (Å²) in [6.07, 6.45) is 1.83. The van der Waals surface area contributed by atoms with Gasteiger partial charge in [0.05, 0.1) is 6.54 Å². The van der Waals surface area contributed by atoms with Gasteiger partial charge in [-0.25, -0.2) is 4.98 Å². The molecule has 0 atom stereocenters. The van der Waals surface area contributed by atoms with Crippen molar-refractivity contribution in [2.24, 2.45) is 0 Å². The molecule has 0 aromatic carbocycles. The first-order chi connectivity index (χ1) is 9.20. The Hall–Kier alpha value is -1.80. The molecule has 0 bridgehead atoms. The van der Waals surface area contributed by atoms with E-state index >= 15 is 0 Å². The standard InChI is InChI=1S/C14H21N5/c1-4-5-8-18-9-11-19(12-10-18)13-6-7-15-14(16-13)17(2)3/h6-7H,8-12H2,1-3H3. The topological polar surface area (TPSA) is 35.5 Å². The second-order valence-electron chi connectivity index (χ2n) is 4.80. The maximum Gasteiger partial charge on any atom is 0.226 e. The van der Waals surface area contributed by atoms with Crippen LogP contribution in [0.25, 0.3) is 0 Å². The van der Waals surface area contributed by atoms with E-state index in [0.717, 1.165) is 44.5 Å². The molecule has 19 heavy (non-hydrogen) atoms. The third-order valence-electron chi connectivity index (χ3n) is 3.20. The number of hydrogen-bond donors (Lipinski definition) is 0. The highest BCUT2D eigenvalue weighted by atomic mass is 15.3. The molecule has 2 rings (SSSR count). The van der Waals surface area contributed by atoms with Gasteiger partial charge in [-0.05, 0) is 13.0 Å². The summed E-state index contributed by atoms with van der Waals surface area (Å²) in [6, 6.07) is 1.98. The highest BCUT2D eigenvalue weighted by Crippen LogP contribution is 2.15. The van der Waals surface area contributed by atoms with Gasteiger partial charge in [-0.15, -0.1) is 5.92 Å². The molecule has 0 N–H and O–H groups in total. The van der Waals surface area contributed by atoms with Gasteiger partial charge in [0, 0.05) is 46.5 Å². The molecule has 0 amide bonds. The minimum absolute atomic E-state index is 0.761. The number of nitrogens with zero attached hydrogens (tertiary/aromatic N) is 5. The molecule has 0 aliphatic carbocycles. The van der Waals surface area contributed by atoms with Crippen molar-refractivity contribution in [1.29, 1.82) is 0 Å². The number of hydrogen-bond acceptors (Lipinski definition) is 5. The first-order valence-electron chi connectivity index (χ1n) is 6.58. The molecule has 1 aromatic heterocycles. The van der Waals surface area contributed by atoms with Crippen LogP contribution in [0.3, 0.4) is 0 Å². The first-order valence-corrected chi connectivity index (χ1v) is 6.58. The van der Waals surface area contributed by atoms with E-state index in [4.69, 9.17) is 0 Å². The summed E-state index contributed by atoms with van der Waals surface area (Å²) in [5.74, 6) is 7.84. The van der Waals surface area contributed by atoms with E-state index in [1.54, 1.807) is 0 Å². The summed E-state index contributed by atoms with van der Waals surface area (Å²) in [7, 11) is 3.92. The monoisotopic (exact) mass is 259 g/mol. The molecule has 0 unspecified atom stereocenters. The Morgan fingerprint density at radius 1 is 1.26 bits per heavy atom. The fourth-order valence-electron chi connectivity index (χ4n) is 2.06. The normalized spacial score (nSPS) is 15.8. The van der Waals surface area contributed by atoms with Crippen molar-refractivity contribution in [2.75, 3.05) is 56.6 Å². The lowest BCUT2D eigenvalue weighted by Crippen LogP contribution is -2.46. The van der Waals surface area contributed by atoms with Crippen molar-refractivity contribution in [3.63, 3.8) is 0 Å². The molecule has 1 aliphatic rings. The number of anilines is 2.